The lowest BCUT2D eigenvalue weighted by Crippen LogP contribution is -1.93. The van der Waals surface area contributed by atoms with E-state index in [9.17, 15) is 4.79 Å². The smallest absolute Gasteiger partial charge is 0.130 e. The van der Waals surface area contributed by atoms with Crippen LogP contribution in [0.4, 0.5) is 0 Å². The van der Waals surface area contributed by atoms with Crippen LogP contribution < -0.4 is 0 Å². The highest BCUT2D eigenvalue weighted by atomic mass is 16.1. The van der Waals surface area contributed by atoms with Crippen molar-refractivity contribution in [3.63, 3.8) is 0 Å². The van der Waals surface area contributed by atoms with Gasteiger partial charge in [-0.25, -0.2) is 0 Å². The van der Waals surface area contributed by atoms with Crippen LogP contribution in [0.1, 0.15) is 50.7 Å². The summed E-state index contributed by atoms with van der Waals surface area (Å²) >= 11 is 0. The molecule has 1 heteroatoms. The highest BCUT2D eigenvalue weighted by molar-refractivity contribution is 5.75. The molecule has 0 aliphatic carbocycles. The molecule has 2 rings (SSSR count). The zero-order valence-electron chi connectivity index (χ0n) is 13.8. The first kappa shape index (κ1) is 16.5. The Labute approximate surface area is 134 Å². The number of carbonyl (C=O) groups is 1. The zero-order valence-corrected chi connectivity index (χ0v) is 13.8. The van der Waals surface area contributed by atoms with Gasteiger partial charge in [0.25, 0.3) is 0 Å². The minimum atomic E-state index is 0.253. The Bertz CT molecular complexity index is 578. The summed E-state index contributed by atoms with van der Waals surface area (Å²) in [6.07, 6.45) is 6.51. The van der Waals surface area contributed by atoms with Crippen molar-refractivity contribution >= 4 is 5.78 Å². The Morgan fingerprint density at radius 3 is 1.73 bits per heavy atom. The van der Waals surface area contributed by atoms with Crippen molar-refractivity contribution in [2.24, 2.45) is 0 Å². The molecular formula is C21H26O. The van der Waals surface area contributed by atoms with Gasteiger partial charge in [0.2, 0.25) is 0 Å². The fourth-order valence-electron chi connectivity index (χ4n) is 2.63. The summed E-state index contributed by atoms with van der Waals surface area (Å²) in [6, 6.07) is 17.5. The molecule has 1 nitrogen and oxygen atoms in total. The molecule has 0 aliphatic rings. The van der Waals surface area contributed by atoms with Gasteiger partial charge in [0.1, 0.15) is 5.78 Å². The molecule has 116 valence electrons. The van der Waals surface area contributed by atoms with E-state index in [2.05, 4.69) is 55.5 Å². The highest BCUT2D eigenvalue weighted by Crippen LogP contribution is 2.21. The molecule has 2 aromatic carbocycles. The molecule has 0 saturated carbocycles. The number of unbranched alkanes of at least 4 members (excludes halogenated alkanes) is 2. The van der Waals surface area contributed by atoms with E-state index in [-0.39, 0.29) is 5.78 Å². The van der Waals surface area contributed by atoms with E-state index >= 15 is 0 Å². The first-order chi connectivity index (χ1) is 10.7. The van der Waals surface area contributed by atoms with Gasteiger partial charge in [-0.2, -0.15) is 0 Å². The average Bonchev–Trinajstić information content (AvgIpc) is 2.54. The van der Waals surface area contributed by atoms with E-state index in [0.29, 0.717) is 6.42 Å². The van der Waals surface area contributed by atoms with Crippen LogP contribution in [-0.4, -0.2) is 5.78 Å². The molecule has 0 heterocycles. The van der Waals surface area contributed by atoms with E-state index < -0.39 is 0 Å². The summed E-state index contributed by atoms with van der Waals surface area (Å²) in [5, 5.41) is 0. The van der Waals surface area contributed by atoms with Gasteiger partial charge in [0.15, 0.2) is 0 Å². The molecule has 0 unspecified atom stereocenters. The van der Waals surface area contributed by atoms with E-state index in [1.54, 1.807) is 6.92 Å². The number of aryl methyl sites for hydroxylation is 2. The molecule has 0 saturated heterocycles. The highest BCUT2D eigenvalue weighted by Gasteiger charge is 2.01. The summed E-state index contributed by atoms with van der Waals surface area (Å²) in [6.45, 7) is 3.89. The largest absolute Gasteiger partial charge is 0.300 e. The van der Waals surface area contributed by atoms with Gasteiger partial charge in [-0.15, -0.1) is 0 Å². The van der Waals surface area contributed by atoms with Crippen LogP contribution in [0.25, 0.3) is 11.1 Å². The minimum absolute atomic E-state index is 0.253. The fraction of sp³-hybridized carbons (Fsp3) is 0.381. The lowest BCUT2D eigenvalue weighted by Gasteiger charge is -2.06. The van der Waals surface area contributed by atoms with Crippen molar-refractivity contribution in [2.45, 2.75) is 52.4 Å². The third kappa shape index (κ3) is 5.14. The average molecular weight is 294 g/mol. The molecule has 22 heavy (non-hydrogen) atoms. The number of rotatable bonds is 8. The Hall–Kier alpha value is -1.89. The standard InChI is InChI=1S/C21H26O/c1-3-4-5-6-18-9-13-20(14-10-18)21-15-11-19(12-16-21)8-7-17(2)22/h9-16H,3-8H2,1-2H3. The monoisotopic (exact) mass is 294 g/mol. The van der Waals surface area contributed by atoms with Crippen LogP contribution in [0, 0.1) is 0 Å². The molecule has 2 aromatic rings. The van der Waals surface area contributed by atoms with Crippen molar-refractivity contribution in [3.8, 4) is 11.1 Å². The quantitative estimate of drug-likeness (QED) is 0.578. The lowest BCUT2D eigenvalue weighted by atomic mass is 9.99. The third-order valence-electron chi connectivity index (χ3n) is 4.08. The molecular weight excluding hydrogens is 268 g/mol. The van der Waals surface area contributed by atoms with Crippen molar-refractivity contribution in [3.05, 3.63) is 59.7 Å². The van der Waals surface area contributed by atoms with Crippen LogP contribution in [-0.2, 0) is 17.6 Å². The second-order valence-electron chi connectivity index (χ2n) is 6.05. The fourth-order valence-corrected chi connectivity index (χ4v) is 2.63. The Morgan fingerprint density at radius 1 is 0.773 bits per heavy atom. The van der Waals surface area contributed by atoms with Crippen LogP contribution in [0.3, 0.4) is 0 Å². The molecule has 0 fully saturated rings. The van der Waals surface area contributed by atoms with Crippen molar-refractivity contribution < 1.29 is 4.79 Å². The summed E-state index contributed by atoms with van der Waals surface area (Å²) in [7, 11) is 0. The molecule has 0 bridgehead atoms. The minimum Gasteiger partial charge on any atom is -0.300 e. The van der Waals surface area contributed by atoms with E-state index in [4.69, 9.17) is 0 Å². The third-order valence-corrected chi connectivity index (χ3v) is 4.08. The van der Waals surface area contributed by atoms with E-state index in [1.165, 1.54) is 47.9 Å². The maximum absolute atomic E-state index is 11.0. The van der Waals surface area contributed by atoms with E-state index in [1.807, 2.05) is 0 Å². The first-order valence-corrected chi connectivity index (χ1v) is 8.36. The normalized spacial score (nSPS) is 10.6. The molecule has 0 N–H and O–H groups in total. The molecule has 0 aromatic heterocycles. The Morgan fingerprint density at radius 2 is 1.27 bits per heavy atom. The van der Waals surface area contributed by atoms with Crippen molar-refractivity contribution in [1.29, 1.82) is 0 Å². The number of ketones is 1. The van der Waals surface area contributed by atoms with Gasteiger partial charge in [-0.3, -0.25) is 0 Å². The van der Waals surface area contributed by atoms with Crippen LogP contribution in [0.2, 0.25) is 0 Å². The topological polar surface area (TPSA) is 17.1 Å². The van der Waals surface area contributed by atoms with E-state index in [0.717, 1.165) is 6.42 Å². The van der Waals surface area contributed by atoms with Crippen LogP contribution in [0.5, 0.6) is 0 Å². The van der Waals surface area contributed by atoms with Crippen LogP contribution >= 0.6 is 0 Å². The Kier molecular flexibility index (Phi) is 6.39. The number of hydrogen-bond acceptors (Lipinski definition) is 1. The maximum Gasteiger partial charge on any atom is 0.130 e. The summed E-state index contributed by atoms with van der Waals surface area (Å²) in [5.41, 5.74) is 5.16. The summed E-state index contributed by atoms with van der Waals surface area (Å²) < 4.78 is 0. The van der Waals surface area contributed by atoms with Crippen molar-refractivity contribution in [1.82, 2.24) is 0 Å². The van der Waals surface area contributed by atoms with Gasteiger partial charge in [-0.1, -0.05) is 68.3 Å². The predicted molar refractivity (Wildman–Crippen MR) is 94.1 cm³/mol. The zero-order chi connectivity index (χ0) is 15.8. The second kappa shape index (κ2) is 8.53. The van der Waals surface area contributed by atoms with Gasteiger partial charge >= 0.3 is 0 Å². The maximum atomic E-state index is 11.0. The number of benzene rings is 2. The number of carbonyl (C=O) groups excluding carboxylic acids is 1. The SMILES string of the molecule is CCCCCc1ccc(-c2ccc(CCC(C)=O)cc2)cc1. The summed E-state index contributed by atoms with van der Waals surface area (Å²) in [4.78, 5) is 11.0. The number of Topliss-reactive ketones (excluding diaryl/α,β-unsaturated/α-hetero) is 1. The molecule has 0 atom stereocenters. The Balaban J connectivity index is 1.97. The summed E-state index contributed by atoms with van der Waals surface area (Å²) in [5.74, 6) is 0.253. The van der Waals surface area contributed by atoms with Gasteiger partial charge in [0.05, 0.1) is 0 Å². The second-order valence-corrected chi connectivity index (χ2v) is 6.05. The number of hydrogen-bond donors (Lipinski definition) is 0. The first-order valence-electron chi connectivity index (χ1n) is 8.36. The molecule has 0 spiro atoms. The molecule has 0 aliphatic heterocycles. The molecule has 0 amide bonds. The molecule has 0 radical (unpaired) electrons. The predicted octanol–water partition coefficient (Wildman–Crippen LogP) is 5.61. The van der Waals surface area contributed by atoms with Gasteiger partial charge in [-0.05, 0) is 48.4 Å². The van der Waals surface area contributed by atoms with Gasteiger partial charge < -0.3 is 4.79 Å². The van der Waals surface area contributed by atoms with Crippen molar-refractivity contribution in [2.75, 3.05) is 0 Å². The van der Waals surface area contributed by atoms with Crippen LogP contribution in [0.15, 0.2) is 48.5 Å². The lowest BCUT2D eigenvalue weighted by molar-refractivity contribution is -0.116. The van der Waals surface area contributed by atoms with Gasteiger partial charge in [0, 0.05) is 6.42 Å².